The van der Waals surface area contributed by atoms with E-state index < -0.39 is 12.2 Å². The van der Waals surface area contributed by atoms with Gasteiger partial charge in [-0.05, 0) is 31.3 Å². The van der Waals surface area contributed by atoms with E-state index in [-0.39, 0.29) is 36.2 Å². The molecule has 10 heteroatoms. The summed E-state index contributed by atoms with van der Waals surface area (Å²) in [7, 11) is 3.13. The van der Waals surface area contributed by atoms with Gasteiger partial charge in [0.25, 0.3) is 0 Å². The lowest BCUT2D eigenvalue weighted by atomic mass is 10.2. The Morgan fingerprint density at radius 2 is 1.62 bits per heavy atom. The van der Waals surface area contributed by atoms with Crippen LogP contribution in [0, 0.1) is 0 Å². The van der Waals surface area contributed by atoms with Gasteiger partial charge in [0.15, 0.2) is 11.5 Å². The first-order chi connectivity index (χ1) is 13.7. The van der Waals surface area contributed by atoms with Gasteiger partial charge in [-0.25, -0.2) is 0 Å². The predicted molar refractivity (Wildman–Crippen MR) is 100 cm³/mol. The Hall–Kier alpha value is -3.40. The van der Waals surface area contributed by atoms with Crippen LogP contribution in [0.15, 0.2) is 42.5 Å². The number of nitrogens with one attached hydrogen (secondary N) is 2. The van der Waals surface area contributed by atoms with Gasteiger partial charge in [0.2, 0.25) is 11.8 Å². The number of hydrogen-bond acceptors (Lipinski definition) is 6. The number of rotatable bonds is 7. The minimum Gasteiger partial charge on any atom is -0.497 e. The van der Waals surface area contributed by atoms with Gasteiger partial charge >= 0.3 is 6.29 Å². The van der Waals surface area contributed by atoms with Gasteiger partial charge in [0.05, 0.1) is 20.2 Å². The second-order valence-electron chi connectivity index (χ2n) is 6.33. The number of benzene rings is 2. The van der Waals surface area contributed by atoms with E-state index in [0.717, 1.165) is 0 Å². The van der Waals surface area contributed by atoms with Crippen molar-refractivity contribution in [2.45, 2.75) is 6.29 Å². The SMILES string of the molecule is COc1cccc(NC(=O)CN(C)CC(=O)Nc2ccc3c(c2)OC(F)(F)O3)c1. The Bertz CT molecular complexity index is 922. The molecule has 0 bridgehead atoms. The highest BCUT2D eigenvalue weighted by Crippen LogP contribution is 2.42. The summed E-state index contributed by atoms with van der Waals surface area (Å²) >= 11 is 0. The van der Waals surface area contributed by atoms with Crippen molar-refractivity contribution in [3.63, 3.8) is 0 Å². The van der Waals surface area contributed by atoms with Gasteiger partial charge in [0.1, 0.15) is 5.75 Å². The fraction of sp³-hybridized carbons (Fsp3) is 0.263. The van der Waals surface area contributed by atoms with Crippen molar-refractivity contribution in [2.75, 3.05) is 37.9 Å². The Morgan fingerprint density at radius 3 is 2.28 bits per heavy atom. The average Bonchev–Trinajstić information content (AvgIpc) is 2.94. The van der Waals surface area contributed by atoms with Gasteiger partial charge in [-0.3, -0.25) is 14.5 Å². The molecule has 1 aliphatic rings. The fourth-order valence-electron chi connectivity index (χ4n) is 2.67. The third-order valence-corrected chi connectivity index (χ3v) is 3.87. The Balaban J connectivity index is 1.49. The van der Waals surface area contributed by atoms with Crippen LogP contribution < -0.4 is 24.8 Å². The van der Waals surface area contributed by atoms with E-state index >= 15 is 0 Å². The van der Waals surface area contributed by atoms with E-state index in [2.05, 4.69) is 20.1 Å². The second kappa shape index (κ2) is 8.31. The summed E-state index contributed by atoms with van der Waals surface area (Å²) in [5.74, 6) is -0.402. The molecule has 0 saturated carbocycles. The molecule has 0 unspecified atom stereocenters. The first-order valence-electron chi connectivity index (χ1n) is 8.56. The summed E-state index contributed by atoms with van der Waals surface area (Å²) in [6, 6.07) is 10.8. The summed E-state index contributed by atoms with van der Waals surface area (Å²) in [5, 5.41) is 5.27. The third kappa shape index (κ3) is 5.55. The number of likely N-dealkylation sites (N-methyl/N-ethyl adjacent to an activating group) is 1. The lowest BCUT2D eigenvalue weighted by molar-refractivity contribution is -0.286. The van der Waals surface area contributed by atoms with Gasteiger partial charge in [-0.1, -0.05) is 6.07 Å². The monoisotopic (exact) mass is 407 g/mol. The van der Waals surface area contributed by atoms with Crippen molar-refractivity contribution in [2.24, 2.45) is 0 Å². The largest absolute Gasteiger partial charge is 0.586 e. The summed E-state index contributed by atoms with van der Waals surface area (Å²) in [5.41, 5.74) is 0.841. The van der Waals surface area contributed by atoms with Gasteiger partial charge in [-0.2, -0.15) is 0 Å². The molecule has 29 heavy (non-hydrogen) atoms. The highest BCUT2D eigenvalue weighted by atomic mass is 19.3. The molecule has 154 valence electrons. The molecule has 0 aromatic heterocycles. The normalized spacial score (nSPS) is 13.8. The van der Waals surface area contributed by atoms with Crippen molar-refractivity contribution >= 4 is 23.2 Å². The lowest BCUT2D eigenvalue weighted by Crippen LogP contribution is -2.36. The molecule has 0 spiro atoms. The number of hydrogen-bond donors (Lipinski definition) is 2. The quantitative estimate of drug-likeness (QED) is 0.733. The van der Waals surface area contributed by atoms with E-state index in [9.17, 15) is 18.4 Å². The molecule has 2 amide bonds. The number of carbonyl (C=O) groups excluding carboxylic acids is 2. The number of fused-ring (bicyclic) bond motifs is 1. The van der Waals surface area contributed by atoms with Gasteiger partial charge < -0.3 is 24.8 Å². The van der Waals surface area contributed by atoms with E-state index in [1.165, 1.54) is 30.2 Å². The standard InChI is InChI=1S/C19H19F2N3O5/c1-24(10-17(25)22-12-4-3-5-14(8-12)27-2)11-18(26)23-13-6-7-15-16(9-13)29-19(20,21)28-15/h3-9H,10-11H2,1-2H3,(H,22,25)(H,23,26). The summed E-state index contributed by atoms with van der Waals surface area (Å²) in [6.45, 7) is -0.117. The molecule has 0 fully saturated rings. The highest BCUT2D eigenvalue weighted by Gasteiger charge is 2.43. The molecule has 0 radical (unpaired) electrons. The van der Waals surface area contributed by atoms with Crippen LogP contribution in [-0.4, -0.2) is 50.3 Å². The average molecular weight is 407 g/mol. The zero-order chi connectivity index (χ0) is 21.0. The number of halogens is 2. The summed E-state index contributed by atoms with van der Waals surface area (Å²) in [6.07, 6.45) is -3.72. The number of amides is 2. The third-order valence-electron chi connectivity index (χ3n) is 3.87. The van der Waals surface area contributed by atoms with Crippen molar-refractivity contribution < 1.29 is 32.6 Å². The number of nitrogens with zero attached hydrogens (tertiary/aromatic N) is 1. The van der Waals surface area contributed by atoms with Gasteiger partial charge in [-0.15, -0.1) is 8.78 Å². The Morgan fingerprint density at radius 1 is 1.00 bits per heavy atom. The van der Waals surface area contributed by atoms with Crippen molar-refractivity contribution in [1.29, 1.82) is 0 Å². The number of anilines is 2. The molecule has 8 nitrogen and oxygen atoms in total. The maximum absolute atomic E-state index is 13.0. The molecule has 0 saturated heterocycles. The van der Waals surface area contributed by atoms with Crippen molar-refractivity contribution in [1.82, 2.24) is 4.90 Å². The molecular formula is C19H19F2N3O5. The minimum absolute atomic E-state index is 0.0298. The predicted octanol–water partition coefficient (Wildman–Crippen LogP) is 2.53. The maximum Gasteiger partial charge on any atom is 0.586 e. The Kier molecular flexibility index (Phi) is 5.83. The smallest absolute Gasteiger partial charge is 0.497 e. The van der Waals surface area contributed by atoms with E-state index in [1.807, 2.05) is 0 Å². The fourth-order valence-corrected chi connectivity index (χ4v) is 2.67. The van der Waals surface area contributed by atoms with Crippen LogP contribution in [0.4, 0.5) is 20.2 Å². The molecular weight excluding hydrogens is 388 g/mol. The zero-order valence-electron chi connectivity index (χ0n) is 15.7. The van der Waals surface area contributed by atoms with Crippen LogP contribution in [0.3, 0.4) is 0 Å². The lowest BCUT2D eigenvalue weighted by Gasteiger charge is -2.16. The molecule has 0 aliphatic carbocycles. The molecule has 1 aliphatic heterocycles. The van der Waals surface area contributed by atoms with E-state index in [1.54, 1.807) is 31.3 Å². The second-order valence-corrected chi connectivity index (χ2v) is 6.33. The first-order valence-corrected chi connectivity index (χ1v) is 8.56. The molecule has 2 aromatic rings. The first kappa shape index (κ1) is 20.3. The van der Waals surface area contributed by atoms with Crippen molar-refractivity contribution in [3.05, 3.63) is 42.5 Å². The van der Waals surface area contributed by atoms with E-state index in [0.29, 0.717) is 11.4 Å². The number of ether oxygens (including phenoxy) is 3. The maximum atomic E-state index is 13.0. The minimum atomic E-state index is -3.72. The molecule has 0 atom stereocenters. The summed E-state index contributed by atoms with van der Waals surface area (Å²) in [4.78, 5) is 25.8. The zero-order valence-corrected chi connectivity index (χ0v) is 15.7. The van der Waals surface area contributed by atoms with Crippen LogP contribution in [0.5, 0.6) is 17.2 Å². The van der Waals surface area contributed by atoms with Crippen LogP contribution >= 0.6 is 0 Å². The van der Waals surface area contributed by atoms with Crippen molar-refractivity contribution in [3.8, 4) is 17.2 Å². The number of alkyl halides is 2. The summed E-state index contributed by atoms with van der Waals surface area (Å²) < 4.78 is 39.8. The Labute approximate surface area is 165 Å². The molecule has 1 heterocycles. The number of carbonyl (C=O) groups is 2. The van der Waals surface area contributed by atoms with Crippen LogP contribution in [0.25, 0.3) is 0 Å². The molecule has 2 aromatic carbocycles. The molecule has 2 N–H and O–H groups in total. The van der Waals surface area contributed by atoms with E-state index in [4.69, 9.17) is 4.74 Å². The highest BCUT2D eigenvalue weighted by molar-refractivity contribution is 5.95. The number of methoxy groups -OCH3 is 1. The molecule has 3 rings (SSSR count). The topological polar surface area (TPSA) is 89.1 Å². The van der Waals surface area contributed by atoms with Crippen LogP contribution in [-0.2, 0) is 9.59 Å². The van der Waals surface area contributed by atoms with Crippen LogP contribution in [0.1, 0.15) is 0 Å². The van der Waals surface area contributed by atoms with Gasteiger partial charge in [0, 0.05) is 23.5 Å². The van der Waals surface area contributed by atoms with Crippen LogP contribution in [0.2, 0.25) is 0 Å².